The van der Waals surface area contributed by atoms with E-state index in [1.54, 1.807) is 0 Å². The van der Waals surface area contributed by atoms with Crippen LogP contribution in [0.15, 0.2) is 4.99 Å². The van der Waals surface area contributed by atoms with Gasteiger partial charge in [-0.1, -0.05) is 25.7 Å². The van der Waals surface area contributed by atoms with Crippen molar-refractivity contribution in [2.24, 2.45) is 10.7 Å². The zero-order valence-electron chi connectivity index (χ0n) is 13.3. The second kappa shape index (κ2) is 14.8. The highest BCUT2D eigenvalue weighted by molar-refractivity contribution is 14.0. The van der Waals surface area contributed by atoms with Crippen molar-refractivity contribution in [3.63, 3.8) is 0 Å². The van der Waals surface area contributed by atoms with E-state index in [9.17, 15) is 0 Å². The number of halogens is 1. The van der Waals surface area contributed by atoms with E-state index in [1.807, 2.05) is 6.92 Å². The molecule has 5 nitrogen and oxygen atoms in total. The SMILES string of the molecule is CCOCCCN=C(N)NCCOC1CCCCCC1.I. The van der Waals surface area contributed by atoms with Gasteiger partial charge in [0, 0.05) is 26.3 Å². The molecule has 21 heavy (non-hydrogen) atoms. The topological polar surface area (TPSA) is 68.9 Å². The molecule has 0 spiro atoms. The molecule has 0 unspecified atom stereocenters. The monoisotopic (exact) mass is 413 g/mol. The summed E-state index contributed by atoms with van der Waals surface area (Å²) in [6.07, 6.45) is 9.11. The van der Waals surface area contributed by atoms with Crippen molar-refractivity contribution in [3.05, 3.63) is 0 Å². The summed E-state index contributed by atoms with van der Waals surface area (Å²) in [7, 11) is 0. The normalized spacial score (nSPS) is 17.1. The van der Waals surface area contributed by atoms with Gasteiger partial charge in [-0.25, -0.2) is 0 Å². The number of aliphatic imine (C=N–C) groups is 1. The van der Waals surface area contributed by atoms with Crippen LogP contribution in [0.25, 0.3) is 0 Å². The first kappa shape index (κ1) is 20.9. The van der Waals surface area contributed by atoms with Gasteiger partial charge in [0.25, 0.3) is 0 Å². The molecule has 0 aromatic heterocycles. The van der Waals surface area contributed by atoms with E-state index in [-0.39, 0.29) is 24.0 Å². The third-order valence-corrected chi connectivity index (χ3v) is 3.50. The van der Waals surface area contributed by atoms with Crippen molar-refractivity contribution in [3.8, 4) is 0 Å². The molecule has 1 rings (SSSR count). The van der Waals surface area contributed by atoms with Crippen LogP contribution in [0.2, 0.25) is 0 Å². The van der Waals surface area contributed by atoms with Gasteiger partial charge in [0.2, 0.25) is 0 Å². The molecular formula is C15H32IN3O2. The largest absolute Gasteiger partial charge is 0.382 e. The van der Waals surface area contributed by atoms with Crippen LogP contribution in [0.4, 0.5) is 0 Å². The Hall–Kier alpha value is -0.0800. The van der Waals surface area contributed by atoms with Crippen molar-refractivity contribution >= 4 is 29.9 Å². The number of rotatable bonds is 9. The molecule has 1 aliphatic carbocycles. The predicted molar refractivity (Wildman–Crippen MR) is 98.5 cm³/mol. The highest BCUT2D eigenvalue weighted by Gasteiger charge is 2.11. The van der Waals surface area contributed by atoms with Gasteiger partial charge in [-0.15, -0.1) is 24.0 Å². The summed E-state index contributed by atoms with van der Waals surface area (Å²) in [5.41, 5.74) is 5.78. The molecule has 0 aliphatic heterocycles. The molecule has 0 saturated heterocycles. The number of nitrogens with one attached hydrogen (secondary N) is 1. The summed E-state index contributed by atoms with van der Waals surface area (Å²) in [4.78, 5) is 4.24. The van der Waals surface area contributed by atoms with Crippen LogP contribution in [-0.2, 0) is 9.47 Å². The maximum Gasteiger partial charge on any atom is 0.188 e. The fraction of sp³-hybridized carbons (Fsp3) is 0.933. The van der Waals surface area contributed by atoms with Gasteiger partial charge < -0.3 is 20.5 Å². The Labute approximate surface area is 146 Å². The standard InChI is InChI=1S/C15H31N3O2.HI/c1-2-19-12-7-10-17-15(16)18-11-13-20-14-8-5-3-4-6-9-14;/h14H,2-13H2,1H3,(H3,16,17,18);1H. The lowest BCUT2D eigenvalue weighted by atomic mass is 10.1. The fourth-order valence-corrected chi connectivity index (χ4v) is 2.38. The van der Waals surface area contributed by atoms with E-state index in [0.29, 0.717) is 25.2 Å². The van der Waals surface area contributed by atoms with Crippen LogP contribution < -0.4 is 11.1 Å². The molecule has 126 valence electrons. The van der Waals surface area contributed by atoms with Gasteiger partial charge in [0.1, 0.15) is 0 Å². The summed E-state index contributed by atoms with van der Waals surface area (Å²) >= 11 is 0. The van der Waals surface area contributed by atoms with Crippen LogP contribution in [0.3, 0.4) is 0 Å². The number of hydrogen-bond donors (Lipinski definition) is 2. The summed E-state index contributed by atoms with van der Waals surface area (Å²) in [6.45, 7) is 5.65. The molecule has 0 radical (unpaired) electrons. The van der Waals surface area contributed by atoms with Gasteiger partial charge in [-0.2, -0.15) is 0 Å². The minimum atomic E-state index is 0. The Morgan fingerprint density at radius 2 is 1.90 bits per heavy atom. The first-order valence-corrected chi connectivity index (χ1v) is 8.06. The zero-order valence-corrected chi connectivity index (χ0v) is 15.6. The Balaban J connectivity index is 0.00000400. The summed E-state index contributed by atoms with van der Waals surface area (Å²) in [5.74, 6) is 0.506. The summed E-state index contributed by atoms with van der Waals surface area (Å²) < 4.78 is 11.1. The molecule has 0 aromatic rings. The highest BCUT2D eigenvalue weighted by atomic mass is 127. The van der Waals surface area contributed by atoms with E-state index in [0.717, 1.165) is 26.2 Å². The second-order valence-corrected chi connectivity index (χ2v) is 5.23. The fourth-order valence-electron chi connectivity index (χ4n) is 2.38. The Morgan fingerprint density at radius 1 is 1.19 bits per heavy atom. The number of guanidine groups is 1. The van der Waals surface area contributed by atoms with E-state index in [2.05, 4.69) is 10.3 Å². The van der Waals surface area contributed by atoms with Crippen LogP contribution in [0.5, 0.6) is 0 Å². The third kappa shape index (κ3) is 12.2. The van der Waals surface area contributed by atoms with Crippen LogP contribution in [-0.4, -0.2) is 45.0 Å². The maximum absolute atomic E-state index is 5.88. The lowest BCUT2D eigenvalue weighted by molar-refractivity contribution is 0.0468. The van der Waals surface area contributed by atoms with Crippen LogP contribution in [0.1, 0.15) is 51.9 Å². The predicted octanol–water partition coefficient (Wildman–Crippen LogP) is 2.67. The van der Waals surface area contributed by atoms with Crippen molar-refractivity contribution in [2.45, 2.75) is 58.0 Å². The zero-order chi connectivity index (χ0) is 14.5. The number of nitrogens with two attached hydrogens (primary N) is 1. The van der Waals surface area contributed by atoms with E-state index in [1.165, 1.54) is 38.5 Å². The van der Waals surface area contributed by atoms with Gasteiger partial charge in [-0.3, -0.25) is 4.99 Å². The van der Waals surface area contributed by atoms with Crippen LogP contribution in [0, 0.1) is 0 Å². The maximum atomic E-state index is 5.88. The first-order chi connectivity index (χ1) is 9.83. The Bertz CT molecular complexity index is 257. The lowest BCUT2D eigenvalue weighted by Gasteiger charge is -2.15. The minimum absolute atomic E-state index is 0. The van der Waals surface area contributed by atoms with Gasteiger partial charge in [0.15, 0.2) is 5.96 Å². The molecular weight excluding hydrogens is 381 g/mol. The molecule has 1 aliphatic rings. The molecule has 0 amide bonds. The molecule has 0 aromatic carbocycles. The molecule has 3 N–H and O–H groups in total. The lowest BCUT2D eigenvalue weighted by Crippen LogP contribution is -2.35. The van der Waals surface area contributed by atoms with Crippen LogP contribution >= 0.6 is 24.0 Å². The smallest absolute Gasteiger partial charge is 0.188 e. The number of hydrogen-bond acceptors (Lipinski definition) is 3. The van der Waals surface area contributed by atoms with Gasteiger partial charge >= 0.3 is 0 Å². The Kier molecular flexibility index (Phi) is 14.8. The second-order valence-electron chi connectivity index (χ2n) is 5.23. The average Bonchev–Trinajstić information content (AvgIpc) is 2.72. The minimum Gasteiger partial charge on any atom is -0.382 e. The molecule has 6 heteroatoms. The molecule has 0 atom stereocenters. The summed E-state index contributed by atoms with van der Waals surface area (Å²) in [6, 6.07) is 0. The quantitative estimate of drug-likeness (QED) is 0.201. The number of nitrogens with zero attached hydrogens (tertiary/aromatic N) is 1. The molecule has 0 bridgehead atoms. The van der Waals surface area contributed by atoms with E-state index in [4.69, 9.17) is 15.2 Å². The van der Waals surface area contributed by atoms with E-state index < -0.39 is 0 Å². The van der Waals surface area contributed by atoms with Crippen molar-refractivity contribution in [1.82, 2.24) is 5.32 Å². The summed E-state index contributed by atoms with van der Waals surface area (Å²) in [5, 5.41) is 3.09. The number of ether oxygens (including phenoxy) is 2. The highest BCUT2D eigenvalue weighted by Crippen LogP contribution is 2.19. The first-order valence-electron chi connectivity index (χ1n) is 8.06. The average molecular weight is 413 g/mol. The molecule has 1 fully saturated rings. The van der Waals surface area contributed by atoms with Crippen molar-refractivity contribution in [1.29, 1.82) is 0 Å². The van der Waals surface area contributed by atoms with E-state index >= 15 is 0 Å². The third-order valence-electron chi connectivity index (χ3n) is 3.50. The van der Waals surface area contributed by atoms with Crippen molar-refractivity contribution in [2.75, 3.05) is 32.9 Å². The molecule has 1 saturated carbocycles. The Morgan fingerprint density at radius 3 is 2.57 bits per heavy atom. The van der Waals surface area contributed by atoms with Crippen molar-refractivity contribution < 1.29 is 9.47 Å². The molecule has 0 heterocycles. The van der Waals surface area contributed by atoms with Gasteiger partial charge in [-0.05, 0) is 26.2 Å². The van der Waals surface area contributed by atoms with Gasteiger partial charge in [0.05, 0.1) is 12.7 Å².